The maximum atomic E-state index is 12.3. The minimum Gasteiger partial charge on any atom is -0.325 e. The highest BCUT2D eigenvalue weighted by Gasteiger charge is 2.12. The number of tetrazole rings is 1. The van der Waals surface area contributed by atoms with Crippen molar-refractivity contribution < 1.29 is 4.79 Å². The van der Waals surface area contributed by atoms with Gasteiger partial charge in [0.25, 0.3) is 0 Å². The van der Waals surface area contributed by atoms with Crippen LogP contribution in [-0.4, -0.2) is 31.9 Å². The lowest BCUT2D eigenvalue weighted by molar-refractivity contribution is -0.113. The number of aryl methyl sites for hydroxylation is 3. The number of thioether (sulfide) groups is 1. The molecule has 0 atom stereocenters. The third-order valence-electron chi connectivity index (χ3n) is 3.84. The maximum Gasteiger partial charge on any atom is 0.234 e. The second kappa shape index (κ2) is 8.14. The van der Waals surface area contributed by atoms with E-state index in [0.717, 1.165) is 28.9 Å². The Morgan fingerprint density at radius 3 is 2.65 bits per heavy atom. The first-order valence-corrected chi connectivity index (χ1v) is 9.42. The zero-order chi connectivity index (χ0) is 18.5. The molecule has 1 amide bonds. The fourth-order valence-corrected chi connectivity index (χ4v) is 3.39. The minimum absolute atomic E-state index is 0.0850. The van der Waals surface area contributed by atoms with E-state index >= 15 is 0 Å². The summed E-state index contributed by atoms with van der Waals surface area (Å²) in [5, 5.41) is 15.4. The molecule has 0 saturated heterocycles. The molecule has 1 aromatic heterocycles. The van der Waals surface area contributed by atoms with E-state index in [1.807, 2.05) is 50.2 Å². The number of nitrogens with one attached hydrogen (secondary N) is 1. The lowest BCUT2D eigenvalue weighted by atomic mass is 10.1. The van der Waals surface area contributed by atoms with E-state index in [2.05, 4.69) is 33.8 Å². The quantitative estimate of drug-likeness (QED) is 0.674. The molecule has 26 heavy (non-hydrogen) atoms. The summed E-state index contributed by atoms with van der Waals surface area (Å²) in [6.07, 6.45) is 0.934. The van der Waals surface area contributed by atoms with Gasteiger partial charge in [-0.2, -0.15) is 4.68 Å². The van der Waals surface area contributed by atoms with Crippen LogP contribution >= 0.6 is 11.8 Å². The summed E-state index contributed by atoms with van der Waals surface area (Å²) in [7, 11) is 0. The number of amides is 1. The second-order valence-corrected chi connectivity index (χ2v) is 7.05. The number of hydrogen-bond acceptors (Lipinski definition) is 5. The van der Waals surface area contributed by atoms with Crippen molar-refractivity contribution in [3.8, 4) is 5.69 Å². The smallest absolute Gasteiger partial charge is 0.234 e. The molecule has 0 unspecified atom stereocenters. The molecular weight excluding hydrogens is 346 g/mol. The van der Waals surface area contributed by atoms with Gasteiger partial charge >= 0.3 is 0 Å². The van der Waals surface area contributed by atoms with E-state index in [1.54, 1.807) is 4.68 Å². The summed E-state index contributed by atoms with van der Waals surface area (Å²) < 4.78 is 1.66. The third-order valence-corrected chi connectivity index (χ3v) is 4.76. The predicted molar refractivity (Wildman–Crippen MR) is 104 cm³/mol. The molecule has 0 aliphatic heterocycles. The van der Waals surface area contributed by atoms with Crippen LogP contribution in [0.1, 0.15) is 23.6 Å². The number of nitrogens with zero attached hydrogens (tertiary/aromatic N) is 4. The third kappa shape index (κ3) is 4.49. The van der Waals surface area contributed by atoms with E-state index in [4.69, 9.17) is 0 Å². The SMILES string of the molecule is CCc1cccc(NC(=O)CSc2nnnn2-c2cc(C)cc(C)c2)c1. The number of hydrogen-bond donors (Lipinski definition) is 1. The largest absolute Gasteiger partial charge is 0.325 e. The van der Waals surface area contributed by atoms with E-state index in [0.29, 0.717) is 5.16 Å². The number of anilines is 1. The van der Waals surface area contributed by atoms with Crippen LogP contribution in [0.25, 0.3) is 5.69 Å². The van der Waals surface area contributed by atoms with E-state index in [9.17, 15) is 4.79 Å². The Balaban J connectivity index is 1.67. The molecule has 0 bridgehead atoms. The van der Waals surface area contributed by atoms with Crippen LogP contribution < -0.4 is 5.32 Å². The first-order valence-electron chi connectivity index (χ1n) is 8.44. The molecule has 1 N–H and O–H groups in total. The fraction of sp³-hybridized carbons (Fsp3) is 0.263. The summed E-state index contributed by atoms with van der Waals surface area (Å²) in [6.45, 7) is 6.15. The van der Waals surface area contributed by atoms with Crippen molar-refractivity contribution in [1.29, 1.82) is 0 Å². The Morgan fingerprint density at radius 1 is 1.15 bits per heavy atom. The number of carbonyl (C=O) groups is 1. The monoisotopic (exact) mass is 367 g/mol. The van der Waals surface area contributed by atoms with E-state index in [-0.39, 0.29) is 11.7 Å². The van der Waals surface area contributed by atoms with E-state index < -0.39 is 0 Å². The Kier molecular flexibility index (Phi) is 5.68. The van der Waals surface area contributed by atoms with Crippen LogP contribution in [0.15, 0.2) is 47.6 Å². The van der Waals surface area contributed by atoms with Crippen LogP contribution in [0, 0.1) is 13.8 Å². The van der Waals surface area contributed by atoms with Gasteiger partial charge in [0.1, 0.15) is 0 Å². The van der Waals surface area contributed by atoms with Crippen molar-refractivity contribution in [1.82, 2.24) is 20.2 Å². The average molecular weight is 367 g/mol. The predicted octanol–water partition coefficient (Wildman–Crippen LogP) is 3.57. The van der Waals surface area contributed by atoms with Gasteiger partial charge in [0.05, 0.1) is 11.4 Å². The molecule has 0 spiro atoms. The van der Waals surface area contributed by atoms with Crippen molar-refractivity contribution in [2.24, 2.45) is 0 Å². The first kappa shape index (κ1) is 18.1. The van der Waals surface area contributed by atoms with Gasteiger partial charge in [0.2, 0.25) is 11.1 Å². The lowest BCUT2D eigenvalue weighted by Crippen LogP contribution is -2.14. The zero-order valence-electron chi connectivity index (χ0n) is 15.1. The molecule has 0 aliphatic carbocycles. The van der Waals surface area contributed by atoms with Gasteiger partial charge in [-0.3, -0.25) is 4.79 Å². The summed E-state index contributed by atoms with van der Waals surface area (Å²) in [6, 6.07) is 14.0. The van der Waals surface area contributed by atoms with Gasteiger partial charge in [-0.25, -0.2) is 0 Å². The second-order valence-electron chi connectivity index (χ2n) is 6.11. The Labute approximate surface area is 157 Å². The summed E-state index contributed by atoms with van der Waals surface area (Å²) in [4.78, 5) is 12.3. The molecule has 2 aromatic carbocycles. The Morgan fingerprint density at radius 2 is 1.92 bits per heavy atom. The van der Waals surface area contributed by atoms with Crippen LogP contribution in [0.5, 0.6) is 0 Å². The summed E-state index contributed by atoms with van der Waals surface area (Å²) >= 11 is 1.31. The van der Waals surface area contributed by atoms with Gasteiger partial charge in [0, 0.05) is 5.69 Å². The van der Waals surface area contributed by atoms with Gasteiger partial charge < -0.3 is 5.32 Å². The number of carbonyl (C=O) groups excluding carboxylic acids is 1. The number of benzene rings is 2. The first-order chi connectivity index (χ1) is 12.5. The Bertz CT molecular complexity index is 902. The number of rotatable bonds is 6. The summed E-state index contributed by atoms with van der Waals surface area (Å²) in [5.74, 6) is 0.153. The Hall–Kier alpha value is -2.67. The molecule has 3 rings (SSSR count). The van der Waals surface area contributed by atoms with Gasteiger partial charge in [-0.15, -0.1) is 5.10 Å². The van der Waals surface area contributed by atoms with Crippen molar-refractivity contribution >= 4 is 23.4 Å². The maximum absolute atomic E-state index is 12.3. The van der Waals surface area contributed by atoms with Gasteiger partial charge in [0.15, 0.2) is 0 Å². The molecule has 3 aromatic rings. The zero-order valence-corrected chi connectivity index (χ0v) is 15.9. The van der Waals surface area contributed by atoms with Crippen molar-refractivity contribution in [3.05, 3.63) is 59.2 Å². The van der Waals surface area contributed by atoms with Gasteiger partial charge in [-0.1, -0.05) is 36.9 Å². The van der Waals surface area contributed by atoms with Gasteiger partial charge in [-0.05, 0) is 71.7 Å². The molecule has 7 heteroatoms. The highest BCUT2D eigenvalue weighted by Crippen LogP contribution is 2.20. The van der Waals surface area contributed by atoms with Crippen LogP contribution in [0.2, 0.25) is 0 Å². The molecular formula is C19H21N5OS. The van der Waals surface area contributed by atoms with E-state index in [1.165, 1.54) is 17.3 Å². The summed E-state index contributed by atoms with van der Waals surface area (Å²) in [5.41, 5.74) is 5.17. The minimum atomic E-state index is -0.0850. The van der Waals surface area contributed by atoms with Crippen LogP contribution in [-0.2, 0) is 11.2 Å². The van der Waals surface area contributed by atoms with Crippen molar-refractivity contribution in [2.45, 2.75) is 32.3 Å². The fourth-order valence-electron chi connectivity index (χ4n) is 2.70. The lowest BCUT2D eigenvalue weighted by Gasteiger charge is -2.08. The number of aromatic nitrogens is 4. The highest BCUT2D eigenvalue weighted by molar-refractivity contribution is 7.99. The normalized spacial score (nSPS) is 10.7. The molecule has 0 fully saturated rings. The van der Waals surface area contributed by atoms with Crippen molar-refractivity contribution in [2.75, 3.05) is 11.1 Å². The standard InChI is InChI=1S/C19H21N5OS/c1-4-15-6-5-7-16(11-15)20-18(25)12-26-19-21-22-23-24(19)17-9-13(2)8-14(3)10-17/h5-11H,4,12H2,1-3H3,(H,20,25). The molecule has 0 saturated carbocycles. The highest BCUT2D eigenvalue weighted by atomic mass is 32.2. The molecule has 0 aliphatic rings. The molecule has 134 valence electrons. The van der Waals surface area contributed by atoms with Crippen LogP contribution in [0.4, 0.5) is 5.69 Å². The van der Waals surface area contributed by atoms with Crippen molar-refractivity contribution in [3.63, 3.8) is 0 Å². The average Bonchev–Trinajstić information content (AvgIpc) is 3.08. The van der Waals surface area contributed by atoms with Crippen LogP contribution in [0.3, 0.4) is 0 Å². The topological polar surface area (TPSA) is 72.7 Å². The molecule has 1 heterocycles. The molecule has 6 nitrogen and oxygen atoms in total. The molecule has 0 radical (unpaired) electrons.